The van der Waals surface area contributed by atoms with E-state index < -0.39 is 0 Å². The number of hydrogen-bond acceptors (Lipinski definition) is 0. The summed E-state index contributed by atoms with van der Waals surface area (Å²) >= 11 is 0. The molecule has 0 saturated carbocycles. The highest BCUT2D eigenvalue weighted by molar-refractivity contribution is 5.33. The van der Waals surface area contributed by atoms with Gasteiger partial charge in [-0.1, -0.05) is 18.1 Å². The highest BCUT2D eigenvalue weighted by atomic mass is 14.0. The molecular weight excluding hydrogens is 132 g/mol. The lowest BCUT2D eigenvalue weighted by molar-refractivity contribution is 1.05. The van der Waals surface area contributed by atoms with Crippen LogP contribution in [0, 0.1) is 0 Å². The van der Waals surface area contributed by atoms with E-state index in [4.69, 9.17) is 0 Å². The van der Waals surface area contributed by atoms with Gasteiger partial charge in [0.15, 0.2) is 0 Å². The van der Waals surface area contributed by atoms with Crippen molar-refractivity contribution in [3.8, 4) is 0 Å². The predicted octanol–water partition coefficient (Wildman–Crippen LogP) is 4.09. The molecule has 0 atom stereocenters. The molecule has 0 aromatic rings. The third-order valence-corrected chi connectivity index (χ3v) is 2.48. The number of rotatable bonds is 2. The van der Waals surface area contributed by atoms with Gasteiger partial charge in [0, 0.05) is 0 Å². The van der Waals surface area contributed by atoms with Gasteiger partial charge in [-0.05, 0) is 52.2 Å². The van der Waals surface area contributed by atoms with Gasteiger partial charge < -0.3 is 0 Å². The Bertz CT molecular complexity index is 188. The molecule has 0 heterocycles. The number of hydrogen-bond donors (Lipinski definition) is 0. The maximum Gasteiger partial charge on any atom is -0.0346 e. The Morgan fingerprint density at radius 3 is 1.55 bits per heavy atom. The molecule has 0 aromatic heterocycles. The van der Waals surface area contributed by atoms with Crippen LogP contribution in [-0.2, 0) is 0 Å². The third-order valence-electron chi connectivity index (χ3n) is 2.48. The van der Waals surface area contributed by atoms with Crippen LogP contribution in [0.2, 0.25) is 0 Å². The second kappa shape index (κ2) is 4.38. The molecule has 0 spiro atoms. The zero-order valence-corrected chi connectivity index (χ0v) is 8.71. The maximum absolute atomic E-state index is 2.21. The first-order chi connectivity index (χ1) is 5.00. The molecule has 0 bridgehead atoms. The van der Waals surface area contributed by atoms with E-state index in [9.17, 15) is 0 Å². The summed E-state index contributed by atoms with van der Waals surface area (Å²) in [6, 6.07) is 0. The fourth-order valence-electron chi connectivity index (χ4n) is 0.960. The predicted molar refractivity (Wildman–Crippen MR) is 52.7 cm³/mol. The lowest BCUT2D eigenvalue weighted by Crippen LogP contribution is -1.87. The quantitative estimate of drug-likeness (QED) is 0.523. The van der Waals surface area contributed by atoms with Gasteiger partial charge >= 0.3 is 0 Å². The van der Waals surface area contributed by atoms with Crippen molar-refractivity contribution in [2.75, 3.05) is 0 Å². The average molecular weight is 152 g/mol. The van der Waals surface area contributed by atoms with Crippen LogP contribution in [0.4, 0.5) is 0 Å². The third kappa shape index (κ3) is 2.92. The first-order valence-electron chi connectivity index (χ1n) is 4.31. The smallest absolute Gasteiger partial charge is 0.0346 e. The van der Waals surface area contributed by atoms with E-state index in [-0.39, 0.29) is 0 Å². The van der Waals surface area contributed by atoms with Crippen LogP contribution in [0.15, 0.2) is 22.3 Å². The van der Waals surface area contributed by atoms with Crippen LogP contribution >= 0.6 is 0 Å². The van der Waals surface area contributed by atoms with Gasteiger partial charge in [-0.3, -0.25) is 0 Å². The molecule has 0 radical (unpaired) electrons. The Morgan fingerprint density at radius 1 is 0.818 bits per heavy atom. The molecule has 0 rings (SSSR count). The van der Waals surface area contributed by atoms with Crippen LogP contribution in [0.1, 0.15) is 48.0 Å². The molecule has 0 N–H and O–H groups in total. The Morgan fingerprint density at radius 2 is 1.27 bits per heavy atom. The van der Waals surface area contributed by atoms with E-state index in [2.05, 4.69) is 41.5 Å². The molecule has 0 aliphatic carbocycles. The fraction of sp³-hybridized carbons (Fsp3) is 0.636. The Balaban J connectivity index is 4.75. The van der Waals surface area contributed by atoms with Gasteiger partial charge in [-0.2, -0.15) is 0 Å². The van der Waals surface area contributed by atoms with Gasteiger partial charge in [-0.15, -0.1) is 0 Å². The van der Waals surface area contributed by atoms with Crippen molar-refractivity contribution in [2.24, 2.45) is 0 Å². The van der Waals surface area contributed by atoms with Crippen LogP contribution in [-0.4, -0.2) is 0 Å². The molecule has 0 unspecified atom stereocenters. The van der Waals surface area contributed by atoms with Crippen LogP contribution in [0.3, 0.4) is 0 Å². The molecular formula is C11H20. The Hall–Kier alpha value is -0.520. The minimum Gasteiger partial charge on any atom is -0.0732 e. The van der Waals surface area contributed by atoms with Crippen molar-refractivity contribution in [2.45, 2.75) is 48.0 Å². The first-order valence-corrected chi connectivity index (χ1v) is 4.31. The molecule has 0 nitrogen and oxygen atoms in total. The topological polar surface area (TPSA) is 0 Å². The van der Waals surface area contributed by atoms with Crippen molar-refractivity contribution >= 4 is 0 Å². The lowest BCUT2D eigenvalue weighted by Gasteiger charge is -2.07. The first kappa shape index (κ1) is 10.5. The van der Waals surface area contributed by atoms with E-state index in [1.165, 1.54) is 22.3 Å². The summed E-state index contributed by atoms with van der Waals surface area (Å²) < 4.78 is 0. The second-order valence-electron chi connectivity index (χ2n) is 3.38. The summed E-state index contributed by atoms with van der Waals surface area (Å²) in [5.41, 5.74) is 5.84. The van der Waals surface area contributed by atoms with Gasteiger partial charge in [0.25, 0.3) is 0 Å². The Labute approximate surface area is 71.0 Å². The van der Waals surface area contributed by atoms with E-state index >= 15 is 0 Å². The van der Waals surface area contributed by atoms with Gasteiger partial charge in [0.05, 0.1) is 0 Å². The molecule has 11 heavy (non-hydrogen) atoms. The van der Waals surface area contributed by atoms with Crippen LogP contribution in [0.5, 0.6) is 0 Å². The van der Waals surface area contributed by atoms with Crippen LogP contribution < -0.4 is 0 Å². The molecule has 0 aliphatic heterocycles. The summed E-state index contributed by atoms with van der Waals surface area (Å²) in [5, 5.41) is 0. The van der Waals surface area contributed by atoms with E-state index in [0.29, 0.717) is 0 Å². The van der Waals surface area contributed by atoms with Crippen molar-refractivity contribution in [1.29, 1.82) is 0 Å². The summed E-state index contributed by atoms with van der Waals surface area (Å²) in [4.78, 5) is 0. The molecule has 0 fully saturated rings. The molecule has 0 saturated heterocycles. The van der Waals surface area contributed by atoms with Gasteiger partial charge in [-0.25, -0.2) is 0 Å². The van der Waals surface area contributed by atoms with E-state index in [0.717, 1.165) is 6.42 Å². The Kier molecular flexibility index (Phi) is 4.17. The highest BCUT2D eigenvalue weighted by Gasteiger charge is 1.98. The normalized spacial score (nSPS) is 12.5. The zero-order chi connectivity index (χ0) is 9.02. The van der Waals surface area contributed by atoms with Crippen LogP contribution in [0.25, 0.3) is 0 Å². The molecule has 0 aromatic carbocycles. The molecule has 0 amide bonds. The van der Waals surface area contributed by atoms with Crippen molar-refractivity contribution in [3.63, 3.8) is 0 Å². The van der Waals surface area contributed by atoms with E-state index in [1.54, 1.807) is 0 Å². The van der Waals surface area contributed by atoms with Gasteiger partial charge in [0.2, 0.25) is 0 Å². The minimum absolute atomic E-state index is 1.16. The lowest BCUT2D eigenvalue weighted by atomic mass is 9.99. The van der Waals surface area contributed by atoms with Crippen molar-refractivity contribution < 1.29 is 0 Å². The highest BCUT2D eigenvalue weighted by Crippen LogP contribution is 2.18. The van der Waals surface area contributed by atoms with Crippen molar-refractivity contribution in [1.82, 2.24) is 0 Å². The SMILES string of the molecule is CCC(C)=C(C)C(C)=C(C)C. The molecule has 0 heteroatoms. The summed E-state index contributed by atoms with van der Waals surface area (Å²) in [7, 11) is 0. The molecule has 0 aliphatic rings. The monoisotopic (exact) mass is 152 g/mol. The second-order valence-corrected chi connectivity index (χ2v) is 3.38. The van der Waals surface area contributed by atoms with E-state index in [1.807, 2.05) is 0 Å². The van der Waals surface area contributed by atoms with Crippen molar-refractivity contribution in [3.05, 3.63) is 22.3 Å². The standard InChI is InChI=1S/C11H20/c1-7-9(4)11(6)10(5)8(2)3/h7H2,1-6H3. The summed E-state index contributed by atoms with van der Waals surface area (Å²) in [6.45, 7) is 13.2. The average Bonchev–Trinajstić information content (AvgIpc) is 2.00. The summed E-state index contributed by atoms with van der Waals surface area (Å²) in [6.07, 6.45) is 1.16. The fourth-order valence-corrected chi connectivity index (χ4v) is 0.960. The van der Waals surface area contributed by atoms with Gasteiger partial charge in [0.1, 0.15) is 0 Å². The zero-order valence-electron chi connectivity index (χ0n) is 8.71. The largest absolute Gasteiger partial charge is 0.0732 e. The number of allylic oxidation sites excluding steroid dienone is 4. The summed E-state index contributed by atoms with van der Waals surface area (Å²) in [5.74, 6) is 0. The minimum atomic E-state index is 1.16. The molecule has 64 valence electrons. The maximum atomic E-state index is 2.21.